The van der Waals surface area contributed by atoms with E-state index in [-0.39, 0.29) is 6.03 Å². The number of carbonyl (C=O) groups is 1. The van der Waals surface area contributed by atoms with Crippen molar-refractivity contribution >= 4 is 11.7 Å². The van der Waals surface area contributed by atoms with Crippen LogP contribution < -0.4 is 5.32 Å². The normalized spacial score (nSPS) is 20.9. The monoisotopic (exact) mass is 301 g/mol. The van der Waals surface area contributed by atoms with Gasteiger partial charge in [0.25, 0.3) is 0 Å². The van der Waals surface area contributed by atoms with Crippen LogP contribution in [0.25, 0.3) is 0 Å². The number of aryl methyl sites for hydroxylation is 1. The molecule has 1 aromatic carbocycles. The zero-order valence-corrected chi connectivity index (χ0v) is 13.6. The van der Waals surface area contributed by atoms with Crippen molar-refractivity contribution in [1.29, 1.82) is 0 Å². The molecule has 120 valence electrons. The molecule has 4 nitrogen and oxygen atoms in total. The zero-order valence-electron chi connectivity index (χ0n) is 13.6. The minimum absolute atomic E-state index is 0.0344. The lowest BCUT2D eigenvalue weighted by Gasteiger charge is -2.40. The van der Waals surface area contributed by atoms with Crippen LogP contribution in [0.1, 0.15) is 37.7 Å². The maximum atomic E-state index is 12.3. The number of urea groups is 1. The molecule has 1 aliphatic carbocycles. The molecular weight excluding hydrogens is 274 g/mol. The highest BCUT2D eigenvalue weighted by molar-refractivity contribution is 5.89. The molecule has 0 unspecified atom stereocenters. The summed E-state index contributed by atoms with van der Waals surface area (Å²) < 4.78 is 0. The molecule has 1 saturated heterocycles. The Morgan fingerprint density at radius 2 is 1.64 bits per heavy atom. The van der Waals surface area contributed by atoms with Gasteiger partial charge in [0.05, 0.1) is 0 Å². The largest absolute Gasteiger partial charge is 0.322 e. The number of nitrogens with zero attached hydrogens (tertiary/aromatic N) is 2. The quantitative estimate of drug-likeness (QED) is 0.908. The Balaban J connectivity index is 1.48. The third kappa shape index (κ3) is 3.80. The lowest BCUT2D eigenvalue weighted by atomic mass is 9.94. The minimum Gasteiger partial charge on any atom is -0.322 e. The Morgan fingerprint density at radius 3 is 2.27 bits per heavy atom. The number of hydrogen-bond donors (Lipinski definition) is 1. The fourth-order valence-electron chi connectivity index (χ4n) is 3.58. The van der Waals surface area contributed by atoms with Gasteiger partial charge in [-0.05, 0) is 31.9 Å². The Bertz CT molecular complexity index is 486. The average molecular weight is 301 g/mol. The predicted molar refractivity (Wildman–Crippen MR) is 90.2 cm³/mol. The van der Waals surface area contributed by atoms with Crippen LogP contribution in [0.3, 0.4) is 0 Å². The van der Waals surface area contributed by atoms with Crippen LogP contribution >= 0.6 is 0 Å². The molecule has 1 heterocycles. The van der Waals surface area contributed by atoms with E-state index < -0.39 is 0 Å². The maximum absolute atomic E-state index is 12.3. The number of amides is 2. The summed E-state index contributed by atoms with van der Waals surface area (Å²) in [4.78, 5) is 16.9. The van der Waals surface area contributed by atoms with Gasteiger partial charge in [-0.25, -0.2) is 4.79 Å². The molecular formula is C18H27N3O. The molecule has 1 N–H and O–H groups in total. The first-order valence-corrected chi connectivity index (χ1v) is 8.59. The van der Waals surface area contributed by atoms with Crippen molar-refractivity contribution in [3.05, 3.63) is 29.8 Å². The van der Waals surface area contributed by atoms with Crippen LogP contribution in [0.2, 0.25) is 0 Å². The van der Waals surface area contributed by atoms with E-state index in [0.717, 1.165) is 37.9 Å². The van der Waals surface area contributed by atoms with Crippen LogP contribution in [-0.2, 0) is 0 Å². The van der Waals surface area contributed by atoms with Gasteiger partial charge in [-0.2, -0.15) is 0 Å². The Labute approximate surface area is 133 Å². The van der Waals surface area contributed by atoms with Gasteiger partial charge in [0.2, 0.25) is 0 Å². The molecule has 1 aromatic rings. The third-order valence-electron chi connectivity index (χ3n) is 5.00. The second-order valence-electron chi connectivity index (χ2n) is 6.61. The standard InChI is InChI=1S/C18H27N3O/c1-15-7-9-16(10-8-15)19-18(22)21-13-11-20(12-14-21)17-5-3-2-4-6-17/h7-10,17H,2-6,11-14H2,1H3,(H,19,22). The van der Waals surface area contributed by atoms with Crippen LogP contribution in [0, 0.1) is 6.92 Å². The number of carbonyl (C=O) groups excluding carboxylic acids is 1. The van der Waals surface area contributed by atoms with E-state index in [4.69, 9.17) is 0 Å². The molecule has 4 heteroatoms. The van der Waals surface area contributed by atoms with E-state index in [1.165, 1.54) is 37.7 Å². The highest BCUT2D eigenvalue weighted by Gasteiger charge is 2.26. The number of benzene rings is 1. The van der Waals surface area contributed by atoms with Gasteiger partial charge in [0, 0.05) is 37.9 Å². The number of anilines is 1. The van der Waals surface area contributed by atoms with Crippen LogP contribution in [0.15, 0.2) is 24.3 Å². The second kappa shape index (κ2) is 7.14. The molecule has 2 amide bonds. The molecule has 2 aliphatic rings. The van der Waals surface area contributed by atoms with E-state index >= 15 is 0 Å². The van der Waals surface area contributed by atoms with Crippen LogP contribution in [0.5, 0.6) is 0 Å². The van der Waals surface area contributed by atoms with Gasteiger partial charge >= 0.3 is 6.03 Å². The molecule has 0 spiro atoms. The first-order valence-electron chi connectivity index (χ1n) is 8.59. The molecule has 2 fully saturated rings. The lowest BCUT2D eigenvalue weighted by Crippen LogP contribution is -2.53. The molecule has 3 rings (SSSR count). The smallest absolute Gasteiger partial charge is 0.321 e. The number of hydrogen-bond acceptors (Lipinski definition) is 2. The Morgan fingerprint density at radius 1 is 1.00 bits per heavy atom. The van der Waals surface area contributed by atoms with Crippen LogP contribution in [-0.4, -0.2) is 48.1 Å². The molecule has 0 radical (unpaired) electrons. The second-order valence-corrected chi connectivity index (χ2v) is 6.61. The van der Waals surface area contributed by atoms with Crippen molar-refractivity contribution in [2.45, 2.75) is 45.1 Å². The Kier molecular flexibility index (Phi) is 4.98. The average Bonchev–Trinajstić information content (AvgIpc) is 2.58. The lowest BCUT2D eigenvalue weighted by molar-refractivity contribution is 0.0943. The molecule has 0 bridgehead atoms. The van der Waals surface area contributed by atoms with Crippen molar-refractivity contribution in [3.63, 3.8) is 0 Å². The molecule has 0 aromatic heterocycles. The Hall–Kier alpha value is -1.55. The summed E-state index contributed by atoms with van der Waals surface area (Å²) >= 11 is 0. The molecule has 0 atom stereocenters. The van der Waals surface area contributed by atoms with Crippen molar-refractivity contribution in [1.82, 2.24) is 9.80 Å². The maximum Gasteiger partial charge on any atom is 0.321 e. The molecule has 1 saturated carbocycles. The SMILES string of the molecule is Cc1ccc(NC(=O)N2CCN(C3CCCCC3)CC2)cc1. The number of piperazine rings is 1. The summed E-state index contributed by atoms with van der Waals surface area (Å²) in [5.41, 5.74) is 2.09. The topological polar surface area (TPSA) is 35.6 Å². The van der Waals surface area contributed by atoms with Gasteiger partial charge in [-0.1, -0.05) is 37.0 Å². The van der Waals surface area contributed by atoms with Gasteiger partial charge in [-0.3, -0.25) is 4.90 Å². The summed E-state index contributed by atoms with van der Waals surface area (Å²) in [6.45, 7) is 5.77. The van der Waals surface area contributed by atoms with E-state index in [1.807, 2.05) is 29.2 Å². The van der Waals surface area contributed by atoms with Crippen molar-refractivity contribution in [2.75, 3.05) is 31.5 Å². The molecule has 22 heavy (non-hydrogen) atoms. The van der Waals surface area contributed by atoms with Crippen LogP contribution in [0.4, 0.5) is 10.5 Å². The first-order chi connectivity index (χ1) is 10.7. The highest BCUT2D eigenvalue weighted by atomic mass is 16.2. The van der Waals surface area contributed by atoms with Crippen molar-refractivity contribution in [3.8, 4) is 0 Å². The zero-order chi connectivity index (χ0) is 15.4. The third-order valence-corrected chi connectivity index (χ3v) is 5.00. The van der Waals surface area contributed by atoms with E-state index in [2.05, 4.69) is 17.1 Å². The van der Waals surface area contributed by atoms with E-state index in [0.29, 0.717) is 0 Å². The summed E-state index contributed by atoms with van der Waals surface area (Å²) in [5, 5.41) is 3.00. The van der Waals surface area contributed by atoms with Gasteiger partial charge < -0.3 is 10.2 Å². The predicted octanol–water partition coefficient (Wildman–Crippen LogP) is 3.48. The summed E-state index contributed by atoms with van der Waals surface area (Å²) in [6.07, 6.45) is 6.83. The summed E-state index contributed by atoms with van der Waals surface area (Å²) in [7, 11) is 0. The van der Waals surface area contributed by atoms with Crippen molar-refractivity contribution < 1.29 is 4.79 Å². The van der Waals surface area contributed by atoms with Crippen molar-refractivity contribution in [2.24, 2.45) is 0 Å². The summed E-state index contributed by atoms with van der Waals surface area (Å²) in [5.74, 6) is 0. The van der Waals surface area contributed by atoms with Gasteiger partial charge in [0.15, 0.2) is 0 Å². The van der Waals surface area contributed by atoms with E-state index in [9.17, 15) is 4.79 Å². The van der Waals surface area contributed by atoms with E-state index in [1.54, 1.807) is 0 Å². The van der Waals surface area contributed by atoms with Gasteiger partial charge in [-0.15, -0.1) is 0 Å². The molecule has 1 aliphatic heterocycles. The number of rotatable bonds is 2. The minimum atomic E-state index is 0.0344. The number of nitrogens with one attached hydrogen (secondary N) is 1. The fourth-order valence-corrected chi connectivity index (χ4v) is 3.58. The van der Waals surface area contributed by atoms with Gasteiger partial charge in [0.1, 0.15) is 0 Å². The highest BCUT2D eigenvalue weighted by Crippen LogP contribution is 2.23. The fraction of sp³-hybridized carbons (Fsp3) is 0.611. The summed E-state index contributed by atoms with van der Waals surface area (Å²) in [6, 6.07) is 8.77. The first kappa shape index (κ1) is 15.3.